The van der Waals surface area contributed by atoms with E-state index >= 15 is 0 Å². The Hall–Kier alpha value is -1.55. The molecule has 3 rings (SSSR count). The van der Waals surface area contributed by atoms with E-state index in [1.165, 1.54) is 5.56 Å². The molecule has 4 nitrogen and oxygen atoms in total. The topological polar surface area (TPSA) is 41.6 Å². The Morgan fingerprint density at radius 2 is 2.25 bits per heavy atom. The second-order valence-electron chi connectivity index (χ2n) is 5.75. The number of hydrogen-bond acceptors (Lipinski definition) is 3. The number of carbonyl (C=O) groups excluding carboxylic acids is 1. The van der Waals surface area contributed by atoms with Crippen LogP contribution in [0.25, 0.3) is 0 Å². The third-order valence-corrected chi connectivity index (χ3v) is 4.29. The molecular weight excluding hydrogens is 252 g/mol. The highest BCUT2D eigenvalue weighted by atomic mass is 16.5. The number of nitrogens with one attached hydrogen (secondary N) is 1. The predicted molar refractivity (Wildman–Crippen MR) is 78.8 cm³/mol. The number of fused-ring (bicyclic) bond motifs is 1. The van der Waals surface area contributed by atoms with Gasteiger partial charge < -0.3 is 15.0 Å². The van der Waals surface area contributed by atoms with E-state index in [4.69, 9.17) is 4.74 Å². The van der Waals surface area contributed by atoms with E-state index in [0.717, 1.165) is 18.5 Å². The smallest absolute Gasteiger partial charge is 0.245 e. The molecule has 2 aliphatic heterocycles. The molecule has 108 valence electrons. The van der Waals surface area contributed by atoms with Crippen LogP contribution in [0.3, 0.4) is 0 Å². The molecule has 2 heterocycles. The SMILES string of the molecule is CCC1COC(C)CN1C(=O)C1Cc2ccccc2N1. The van der Waals surface area contributed by atoms with E-state index < -0.39 is 0 Å². The fraction of sp³-hybridized carbons (Fsp3) is 0.562. The molecule has 1 amide bonds. The van der Waals surface area contributed by atoms with Gasteiger partial charge in [-0.1, -0.05) is 25.1 Å². The van der Waals surface area contributed by atoms with Crippen molar-refractivity contribution in [1.29, 1.82) is 0 Å². The second-order valence-corrected chi connectivity index (χ2v) is 5.75. The molecule has 0 aliphatic carbocycles. The van der Waals surface area contributed by atoms with Crippen LogP contribution in [0, 0.1) is 0 Å². The highest BCUT2D eigenvalue weighted by molar-refractivity contribution is 5.87. The van der Waals surface area contributed by atoms with E-state index in [1.54, 1.807) is 0 Å². The van der Waals surface area contributed by atoms with Crippen molar-refractivity contribution in [2.24, 2.45) is 0 Å². The number of hydrogen-bond donors (Lipinski definition) is 1. The Bertz CT molecular complexity index is 478. The minimum Gasteiger partial charge on any atom is -0.375 e. The molecule has 1 saturated heterocycles. The maximum atomic E-state index is 12.8. The molecule has 3 atom stereocenters. The first-order chi connectivity index (χ1) is 9.69. The minimum atomic E-state index is -0.119. The van der Waals surface area contributed by atoms with Crippen LogP contribution in [0.2, 0.25) is 0 Å². The molecule has 3 unspecified atom stereocenters. The number of morpholine rings is 1. The summed E-state index contributed by atoms with van der Waals surface area (Å²) < 4.78 is 5.67. The first-order valence-electron chi connectivity index (χ1n) is 7.45. The van der Waals surface area contributed by atoms with Crippen LogP contribution in [-0.2, 0) is 16.0 Å². The molecule has 0 bridgehead atoms. The lowest BCUT2D eigenvalue weighted by atomic mass is 10.1. The summed E-state index contributed by atoms with van der Waals surface area (Å²) in [6.45, 7) is 5.50. The van der Waals surface area contributed by atoms with Gasteiger partial charge in [0.05, 0.1) is 18.8 Å². The molecule has 0 aromatic heterocycles. The average Bonchev–Trinajstić information content (AvgIpc) is 2.90. The monoisotopic (exact) mass is 274 g/mol. The van der Waals surface area contributed by atoms with Gasteiger partial charge in [0.2, 0.25) is 5.91 Å². The maximum absolute atomic E-state index is 12.8. The molecule has 1 aromatic carbocycles. The Morgan fingerprint density at radius 1 is 1.45 bits per heavy atom. The Balaban J connectivity index is 1.73. The number of para-hydroxylation sites is 1. The summed E-state index contributed by atoms with van der Waals surface area (Å²) in [6, 6.07) is 8.26. The van der Waals surface area contributed by atoms with Crippen LogP contribution in [0.4, 0.5) is 5.69 Å². The van der Waals surface area contributed by atoms with Crippen LogP contribution < -0.4 is 5.32 Å². The number of ether oxygens (including phenoxy) is 1. The van der Waals surface area contributed by atoms with E-state index in [-0.39, 0.29) is 24.1 Å². The van der Waals surface area contributed by atoms with E-state index in [1.807, 2.05) is 30.0 Å². The standard InChI is InChI=1S/C16H22N2O2/c1-3-13-10-20-11(2)9-18(13)16(19)15-8-12-6-4-5-7-14(12)17-15/h4-7,11,13,15,17H,3,8-10H2,1-2H3. The Kier molecular flexibility index (Phi) is 3.66. The van der Waals surface area contributed by atoms with Gasteiger partial charge in [-0.05, 0) is 25.0 Å². The molecule has 20 heavy (non-hydrogen) atoms. The van der Waals surface area contributed by atoms with Crippen LogP contribution in [0.5, 0.6) is 0 Å². The van der Waals surface area contributed by atoms with Gasteiger partial charge in [0.15, 0.2) is 0 Å². The van der Waals surface area contributed by atoms with Crippen LogP contribution in [0.1, 0.15) is 25.8 Å². The van der Waals surface area contributed by atoms with Crippen molar-refractivity contribution in [2.75, 3.05) is 18.5 Å². The second kappa shape index (κ2) is 5.44. The van der Waals surface area contributed by atoms with Crippen molar-refractivity contribution in [3.63, 3.8) is 0 Å². The number of carbonyl (C=O) groups is 1. The summed E-state index contributed by atoms with van der Waals surface area (Å²) in [5, 5.41) is 3.36. The average molecular weight is 274 g/mol. The third kappa shape index (κ3) is 2.40. The van der Waals surface area contributed by atoms with Crippen molar-refractivity contribution >= 4 is 11.6 Å². The van der Waals surface area contributed by atoms with Crippen molar-refractivity contribution in [3.05, 3.63) is 29.8 Å². The van der Waals surface area contributed by atoms with Gasteiger partial charge in [0.25, 0.3) is 0 Å². The van der Waals surface area contributed by atoms with Crippen molar-refractivity contribution < 1.29 is 9.53 Å². The first kappa shape index (κ1) is 13.4. The van der Waals surface area contributed by atoms with Gasteiger partial charge in [-0.2, -0.15) is 0 Å². The number of rotatable bonds is 2. The van der Waals surface area contributed by atoms with Gasteiger partial charge in [-0.25, -0.2) is 0 Å². The van der Waals surface area contributed by atoms with Gasteiger partial charge in [0, 0.05) is 18.7 Å². The maximum Gasteiger partial charge on any atom is 0.245 e. The lowest BCUT2D eigenvalue weighted by molar-refractivity contribution is -0.145. The molecule has 1 N–H and O–H groups in total. The highest BCUT2D eigenvalue weighted by Crippen LogP contribution is 2.27. The molecule has 1 aromatic rings. The number of benzene rings is 1. The zero-order chi connectivity index (χ0) is 14.1. The fourth-order valence-corrected chi connectivity index (χ4v) is 3.10. The lowest BCUT2D eigenvalue weighted by Gasteiger charge is -2.39. The number of anilines is 1. The summed E-state index contributed by atoms with van der Waals surface area (Å²) in [4.78, 5) is 14.8. The quantitative estimate of drug-likeness (QED) is 0.897. The van der Waals surface area contributed by atoms with Crippen molar-refractivity contribution in [2.45, 2.75) is 44.9 Å². The van der Waals surface area contributed by atoms with E-state index in [9.17, 15) is 4.79 Å². The molecule has 4 heteroatoms. The summed E-state index contributed by atoms with van der Waals surface area (Å²) >= 11 is 0. The molecule has 1 fully saturated rings. The number of nitrogens with zero attached hydrogens (tertiary/aromatic N) is 1. The molecule has 0 saturated carbocycles. The van der Waals surface area contributed by atoms with Gasteiger partial charge in [-0.15, -0.1) is 0 Å². The van der Waals surface area contributed by atoms with E-state index in [2.05, 4.69) is 18.3 Å². The third-order valence-electron chi connectivity index (χ3n) is 4.29. The van der Waals surface area contributed by atoms with Crippen LogP contribution >= 0.6 is 0 Å². The van der Waals surface area contributed by atoms with Gasteiger partial charge in [0.1, 0.15) is 6.04 Å². The van der Waals surface area contributed by atoms with Crippen molar-refractivity contribution in [1.82, 2.24) is 4.90 Å². The van der Waals surface area contributed by atoms with Crippen molar-refractivity contribution in [3.8, 4) is 0 Å². The highest BCUT2D eigenvalue weighted by Gasteiger charge is 2.35. The molecule has 2 aliphatic rings. The zero-order valence-corrected chi connectivity index (χ0v) is 12.1. The molecule has 0 radical (unpaired) electrons. The summed E-state index contributed by atoms with van der Waals surface area (Å²) in [7, 11) is 0. The largest absolute Gasteiger partial charge is 0.375 e. The number of amides is 1. The summed E-state index contributed by atoms with van der Waals surface area (Å²) in [6.07, 6.45) is 1.86. The molecule has 0 spiro atoms. The molecular formula is C16H22N2O2. The lowest BCUT2D eigenvalue weighted by Crippen LogP contribution is -2.55. The Morgan fingerprint density at radius 3 is 3.00 bits per heavy atom. The summed E-state index contributed by atoms with van der Waals surface area (Å²) in [5.74, 6) is 0.211. The fourth-order valence-electron chi connectivity index (χ4n) is 3.10. The van der Waals surface area contributed by atoms with Gasteiger partial charge >= 0.3 is 0 Å². The normalized spacial score (nSPS) is 28.9. The van der Waals surface area contributed by atoms with Crippen LogP contribution in [-0.4, -0.2) is 42.1 Å². The summed E-state index contributed by atoms with van der Waals surface area (Å²) in [5.41, 5.74) is 2.33. The zero-order valence-electron chi connectivity index (χ0n) is 12.1. The predicted octanol–water partition coefficient (Wildman–Crippen LogP) is 2.05. The minimum absolute atomic E-state index is 0.119. The van der Waals surface area contributed by atoms with E-state index in [0.29, 0.717) is 13.2 Å². The Labute approximate surface area is 120 Å². The van der Waals surface area contributed by atoms with Gasteiger partial charge in [-0.3, -0.25) is 4.79 Å². The first-order valence-corrected chi connectivity index (χ1v) is 7.45. The van der Waals surface area contributed by atoms with Crippen LogP contribution in [0.15, 0.2) is 24.3 Å².